The summed E-state index contributed by atoms with van der Waals surface area (Å²) in [4.78, 5) is 14.2. The molecule has 98 valence electrons. The molecule has 0 aromatic carbocycles. The maximum atomic E-state index is 11.9. The molecule has 3 nitrogen and oxygen atoms in total. The molecule has 1 N–H and O–H groups in total. The Hall–Kier alpha value is -0.570. The molecule has 0 radical (unpaired) electrons. The van der Waals surface area contributed by atoms with Gasteiger partial charge in [0, 0.05) is 6.04 Å². The quantitative estimate of drug-likeness (QED) is 0.802. The normalized spacial score (nSPS) is 33.9. The minimum atomic E-state index is -0.579. The molecule has 2 saturated carbocycles. The molecule has 0 aromatic rings. The van der Waals surface area contributed by atoms with Crippen LogP contribution in [0, 0.1) is 5.92 Å². The first-order valence-electron chi connectivity index (χ1n) is 7.13. The van der Waals surface area contributed by atoms with Crippen molar-refractivity contribution in [1.82, 2.24) is 4.90 Å². The fourth-order valence-electron chi connectivity index (χ4n) is 3.53. The van der Waals surface area contributed by atoms with E-state index >= 15 is 0 Å². The van der Waals surface area contributed by atoms with Gasteiger partial charge in [-0.1, -0.05) is 26.7 Å². The fraction of sp³-hybridized carbons (Fsp3) is 0.929. The lowest BCUT2D eigenvalue weighted by atomic mass is 9.72. The number of carboxylic acids is 1. The number of aliphatic carboxylic acids is 1. The summed E-state index contributed by atoms with van der Waals surface area (Å²) in [6.45, 7) is 5.23. The van der Waals surface area contributed by atoms with Gasteiger partial charge in [-0.2, -0.15) is 0 Å². The molecule has 2 atom stereocenters. The van der Waals surface area contributed by atoms with Crippen molar-refractivity contribution in [2.24, 2.45) is 5.92 Å². The lowest BCUT2D eigenvalue weighted by Crippen LogP contribution is -2.61. The van der Waals surface area contributed by atoms with Gasteiger partial charge in [0.05, 0.1) is 0 Å². The number of rotatable bonds is 5. The Morgan fingerprint density at radius 2 is 2.06 bits per heavy atom. The van der Waals surface area contributed by atoms with Crippen molar-refractivity contribution < 1.29 is 9.90 Å². The molecule has 2 rings (SSSR count). The number of hydrogen-bond acceptors (Lipinski definition) is 2. The Bertz CT molecular complexity index is 288. The van der Waals surface area contributed by atoms with E-state index in [1.165, 1.54) is 19.3 Å². The van der Waals surface area contributed by atoms with E-state index in [0.717, 1.165) is 32.2 Å². The smallest absolute Gasteiger partial charge is 0.324 e. The van der Waals surface area contributed by atoms with Gasteiger partial charge in [0.25, 0.3) is 0 Å². The van der Waals surface area contributed by atoms with E-state index in [1.54, 1.807) is 0 Å². The molecule has 2 aliphatic carbocycles. The summed E-state index contributed by atoms with van der Waals surface area (Å²) >= 11 is 0. The van der Waals surface area contributed by atoms with E-state index in [0.29, 0.717) is 12.0 Å². The summed E-state index contributed by atoms with van der Waals surface area (Å²) in [7, 11) is 0. The van der Waals surface area contributed by atoms with Gasteiger partial charge in [0.2, 0.25) is 0 Å². The van der Waals surface area contributed by atoms with E-state index < -0.39 is 11.5 Å². The summed E-state index contributed by atoms with van der Waals surface area (Å²) in [6, 6.07) is 0.548. The van der Waals surface area contributed by atoms with Crippen LogP contribution in [0.3, 0.4) is 0 Å². The van der Waals surface area contributed by atoms with Gasteiger partial charge in [0.15, 0.2) is 0 Å². The van der Waals surface area contributed by atoms with Crippen LogP contribution in [-0.4, -0.2) is 34.1 Å². The Morgan fingerprint density at radius 1 is 1.35 bits per heavy atom. The SMILES string of the molecule is CCCN(C1CC1)C1(C(=O)O)CCCCC1C. The Labute approximate surface area is 104 Å². The second kappa shape index (κ2) is 4.97. The van der Waals surface area contributed by atoms with E-state index in [4.69, 9.17) is 0 Å². The average molecular weight is 239 g/mol. The van der Waals surface area contributed by atoms with Gasteiger partial charge in [-0.3, -0.25) is 9.69 Å². The minimum Gasteiger partial charge on any atom is -0.480 e. The van der Waals surface area contributed by atoms with Crippen molar-refractivity contribution in [3.05, 3.63) is 0 Å². The van der Waals surface area contributed by atoms with Crippen LogP contribution < -0.4 is 0 Å². The largest absolute Gasteiger partial charge is 0.480 e. The number of hydrogen-bond donors (Lipinski definition) is 1. The summed E-state index contributed by atoms with van der Waals surface area (Å²) in [5.41, 5.74) is -0.560. The minimum absolute atomic E-state index is 0.292. The second-order valence-corrected chi connectivity index (χ2v) is 5.80. The Balaban J connectivity index is 2.26. The van der Waals surface area contributed by atoms with Crippen molar-refractivity contribution in [3.63, 3.8) is 0 Å². The lowest BCUT2D eigenvalue weighted by molar-refractivity contribution is -0.159. The molecule has 0 spiro atoms. The monoisotopic (exact) mass is 239 g/mol. The third-order valence-electron chi connectivity index (χ3n) is 4.60. The molecule has 3 heteroatoms. The fourth-order valence-corrected chi connectivity index (χ4v) is 3.53. The van der Waals surface area contributed by atoms with Crippen LogP contribution >= 0.6 is 0 Å². The third-order valence-corrected chi connectivity index (χ3v) is 4.60. The molecular weight excluding hydrogens is 214 g/mol. The Kier molecular flexibility index (Phi) is 3.76. The summed E-state index contributed by atoms with van der Waals surface area (Å²) in [5.74, 6) is -0.286. The zero-order valence-electron chi connectivity index (χ0n) is 11.1. The zero-order chi connectivity index (χ0) is 12.5. The number of nitrogens with zero attached hydrogens (tertiary/aromatic N) is 1. The first-order chi connectivity index (χ1) is 8.13. The highest BCUT2D eigenvalue weighted by Crippen LogP contribution is 2.44. The van der Waals surface area contributed by atoms with Gasteiger partial charge >= 0.3 is 5.97 Å². The summed E-state index contributed by atoms with van der Waals surface area (Å²) in [5, 5.41) is 9.79. The Morgan fingerprint density at radius 3 is 2.53 bits per heavy atom. The predicted octanol–water partition coefficient (Wildman–Crippen LogP) is 2.89. The third kappa shape index (κ3) is 2.22. The molecule has 0 bridgehead atoms. The van der Waals surface area contributed by atoms with Crippen molar-refractivity contribution in [2.75, 3.05) is 6.54 Å². The molecular formula is C14H25NO2. The van der Waals surface area contributed by atoms with Crippen molar-refractivity contribution in [3.8, 4) is 0 Å². The van der Waals surface area contributed by atoms with Crippen molar-refractivity contribution in [1.29, 1.82) is 0 Å². The summed E-state index contributed by atoms with van der Waals surface area (Å²) in [6.07, 6.45) is 7.63. The van der Waals surface area contributed by atoms with Gasteiger partial charge in [-0.15, -0.1) is 0 Å². The highest BCUT2D eigenvalue weighted by molar-refractivity contribution is 5.79. The van der Waals surface area contributed by atoms with Crippen LogP contribution in [0.2, 0.25) is 0 Å². The average Bonchev–Trinajstić information content (AvgIpc) is 3.11. The second-order valence-electron chi connectivity index (χ2n) is 5.80. The van der Waals surface area contributed by atoms with Crippen LogP contribution in [0.1, 0.15) is 58.8 Å². The van der Waals surface area contributed by atoms with E-state index in [2.05, 4.69) is 18.7 Å². The topological polar surface area (TPSA) is 40.5 Å². The highest BCUT2D eigenvalue weighted by atomic mass is 16.4. The summed E-state index contributed by atoms with van der Waals surface area (Å²) < 4.78 is 0. The van der Waals surface area contributed by atoms with Crippen LogP contribution in [0.4, 0.5) is 0 Å². The highest BCUT2D eigenvalue weighted by Gasteiger charge is 2.53. The first kappa shape index (κ1) is 12.9. The standard InChI is InChI=1S/C14H25NO2/c1-3-10-15(12-7-8-12)14(13(16)17)9-5-4-6-11(14)2/h11-12H,3-10H2,1-2H3,(H,16,17). The maximum absolute atomic E-state index is 11.9. The number of carbonyl (C=O) groups is 1. The van der Waals surface area contributed by atoms with Gasteiger partial charge in [0.1, 0.15) is 5.54 Å². The zero-order valence-corrected chi connectivity index (χ0v) is 11.1. The van der Waals surface area contributed by atoms with Crippen molar-refractivity contribution in [2.45, 2.75) is 70.4 Å². The predicted molar refractivity (Wildman–Crippen MR) is 68.0 cm³/mol. The van der Waals surface area contributed by atoms with Crippen molar-refractivity contribution >= 4 is 5.97 Å². The van der Waals surface area contributed by atoms with Crippen LogP contribution in [-0.2, 0) is 4.79 Å². The maximum Gasteiger partial charge on any atom is 0.324 e. The molecule has 0 amide bonds. The first-order valence-corrected chi connectivity index (χ1v) is 7.13. The molecule has 2 aliphatic rings. The molecule has 0 aliphatic heterocycles. The molecule has 0 saturated heterocycles. The van der Waals surface area contributed by atoms with Gasteiger partial charge < -0.3 is 5.11 Å². The van der Waals surface area contributed by atoms with Crippen LogP contribution in [0.5, 0.6) is 0 Å². The van der Waals surface area contributed by atoms with Gasteiger partial charge in [-0.25, -0.2) is 0 Å². The van der Waals surface area contributed by atoms with Gasteiger partial charge in [-0.05, 0) is 44.6 Å². The lowest BCUT2D eigenvalue weighted by Gasteiger charge is -2.47. The van der Waals surface area contributed by atoms with Crippen LogP contribution in [0.15, 0.2) is 0 Å². The molecule has 0 aromatic heterocycles. The van der Waals surface area contributed by atoms with E-state index in [-0.39, 0.29) is 0 Å². The molecule has 2 fully saturated rings. The molecule has 2 unspecified atom stereocenters. The number of carboxylic acid groups (broad SMARTS) is 1. The van der Waals surface area contributed by atoms with E-state index in [1.807, 2.05) is 0 Å². The van der Waals surface area contributed by atoms with E-state index in [9.17, 15) is 9.90 Å². The van der Waals surface area contributed by atoms with Crippen LogP contribution in [0.25, 0.3) is 0 Å². The molecule has 17 heavy (non-hydrogen) atoms. The molecule has 0 heterocycles.